The Hall–Kier alpha value is -1.12. The number of hydrogen-bond donors (Lipinski definition) is 2. The zero-order valence-electron chi connectivity index (χ0n) is 20.9. The van der Waals surface area contributed by atoms with Crippen LogP contribution in [0, 0.1) is 0 Å². The number of halogens is 1. The minimum absolute atomic E-state index is 0. The fraction of sp³-hybridized carbons (Fsp3) is 0.692. The third kappa shape index (κ3) is 12.8. The highest BCUT2D eigenvalue weighted by Gasteiger charge is 2.35. The summed E-state index contributed by atoms with van der Waals surface area (Å²) < 4.78 is 0. The van der Waals surface area contributed by atoms with Crippen LogP contribution in [-0.2, 0) is 11.0 Å². The third-order valence-electron chi connectivity index (χ3n) is 5.96. The summed E-state index contributed by atoms with van der Waals surface area (Å²) in [5.74, 6) is -0.00948. The Morgan fingerprint density at radius 1 is 0.750 bits per heavy atom. The molecule has 0 aliphatic rings. The molecule has 0 aliphatic carbocycles. The summed E-state index contributed by atoms with van der Waals surface area (Å²) in [7, 11) is -0.973. The Balaban J connectivity index is 0.00000961. The zero-order chi connectivity index (χ0) is 23.0. The minimum atomic E-state index is -0.973. The summed E-state index contributed by atoms with van der Waals surface area (Å²) in [6.45, 7) is 9.75. The zero-order valence-corrected chi connectivity index (χ0v) is 22.6. The summed E-state index contributed by atoms with van der Waals surface area (Å²) in [5, 5.41) is 5.77. The van der Waals surface area contributed by atoms with Crippen LogP contribution in [0.3, 0.4) is 0 Å². The van der Waals surface area contributed by atoms with Crippen molar-refractivity contribution in [2.24, 2.45) is 0 Å². The monoisotopic (exact) mass is 485 g/mol. The molecule has 184 valence electrons. The van der Waals surface area contributed by atoms with Gasteiger partial charge >= 0.3 is 0 Å². The van der Waals surface area contributed by atoms with Gasteiger partial charge < -0.3 is 10.6 Å². The molecule has 2 amide bonds. The number of benzene rings is 1. The highest BCUT2D eigenvalue weighted by atomic mass is 35.5. The fourth-order valence-electron chi connectivity index (χ4n) is 4.02. The first-order chi connectivity index (χ1) is 15.0. The standard InChI is InChI=1S/C26H45N2O2P.ClH/c1-5-8-19-31(20-9-6-2,21-10-7-3)22-24-13-15-25(16-14-24)26(30)28-18-12-11-17-27-23(4)29;/h13-16H,5-12,17-22H2,1-4H3,(H-,27,28,29,30);1H/p+1. The Morgan fingerprint density at radius 3 is 1.66 bits per heavy atom. The van der Waals surface area contributed by atoms with Crippen molar-refractivity contribution in [3.8, 4) is 0 Å². The van der Waals surface area contributed by atoms with Gasteiger partial charge in [-0.25, -0.2) is 0 Å². The minimum Gasteiger partial charge on any atom is -0.356 e. The lowest BCUT2D eigenvalue weighted by Gasteiger charge is -2.28. The molecular weight excluding hydrogens is 439 g/mol. The van der Waals surface area contributed by atoms with Gasteiger partial charge in [-0.05, 0) is 49.8 Å². The van der Waals surface area contributed by atoms with Crippen LogP contribution in [-0.4, -0.2) is 43.4 Å². The van der Waals surface area contributed by atoms with E-state index in [1.165, 1.54) is 75.7 Å². The summed E-state index contributed by atoms with van der Waals surface area (Å²) in [5.41, 5.74) is 2.15. The van der Waals surface area contributed by atoms with Gasteiger partial charge in [0.05, 0.1) is 24.6 Å². The number of unbranched alkanes of at least 4 members (excludes halogenated alkanes) is 4. The summed E-state index contributed by atoms with van der Waals surface area (Å²) >= 11 is 0. The molecule has 0 heterocycles. The van der Waals surface area contributed by atoms with E-state index in [-0.39, 0.29) is 24.2 Å². The van der Waals surface area contributed by atoms with E-state index in [9.17, 15) is 9.59 Å². The van der Waals surface area contributed by atoms with Crippen molar-refractivity contribution in [3.63, 3.8) is 0 Å². The smallest absolute Gasteiger partial charge is 0.251 e. The van der Waals surface area contributed by atoms with E-state index in [4.69, 9.17) is 0 Å². The maximum absolute atomic E-state index is 12.4. The van der Waals surface area contributed by atoms with Crippen molar-refractivity contribution in [1.29, 1.82) is 0 Å². The second kappa shape index (κ2) is 18.3. The molecule has 0 unspecified atom stereocenters. The number of amides is 2. The quantitative estimate of drug-likeness (QED) is 0.191. The van der Waals surface area contributed by atoms with Crippen molar-refractivity contribution in [2.45, 2.75) is 85.2 Å². The molecule has 0 radical (unpaired) electrons. The summed E-state index contributed by atoms with van der Waals surface area (Å²) in [6, 6.07) is 8.36. The number of rotatable bonds is 17. The van der Waals surface area contributed by atoms with E-state index < -0.39 is 7.26 Å². The van der Waals surface area contributed by atoms with Crippen LogP contribution in [0.5, 0.6) is 0 Å². The SMILES string of the molecule is CCCC[P+](CCCC)(CCCC)Cc1ccc(C(=O)NCCCCNC(C)=O)cc1.Cl. The molecule has 0 bridgehead atoms. The topological polar surface area (TPSA) is 58.2 Å². The van der Waals surface area contributed by atoms with Crippen molar-refractivity contribution in [1.82, 2.24) is 10.6 Å². The molecule has 4 nitrogen and oxygen atoms in total. The first-order valence-corrected chi connectivity index (χ1v) is 15.0. The fourth-order valence-corrected chi connectivity index (χ4v) is 9.11. The predicted octanol–water partition coefficient (Wildman–Crippen LogP) is 6.67. The van der Waals surface area contributed by atoms with Crippen molar-refractivity contribution in [2.75, 3.05) is 31.6 Å². The van der Waals surface area contributed by atoms with Crippen LogP contribution in [0.1, 0.15) is 95.0 Å². The van der Waals surface area contributed by atoms with Gasteiger partial charge in [-0.15, -0.1) is 12.4 Å². The van der Waals surface area contributed by atoms with Crippen LogP contribution in [0.15, 0.2) is 24.3 Å². The van der Waals surface area contributed by atoms with E-state index in [1.54, 1.807) is 0 Å². The molecule has 6 heteroatoms. The highest BCUT2D eigenvalue weighted by molar-refractivity contribution is 7.75. The van der Waals surface area contributed by atoms with Crippen molar-refractivity contribution >= 4 is 31.5 Å². The average molecular weight is 486 g/mol. The van der Waals surface area contributed by atoms with Crippen LogP contribution in [0.4, 0.5) is 0 Å². The van der Waals surface area contributed by atoms with Gasteiger partial charge in [0.1, 0.15) is 0 Å². The highest BCUT2D eigenvalue weighted by Crippen LogP contribution is 2.63. The third-order valence-corrected chi connectivity index (χ3v) is 10.8. The van der Waals surface area contributed by atoms with Crippen molar-refractivity contribution in [3.05, 3.63) is 35.4 Å². The van der Waals surface area contributed by atoms with Gasteiger partial charge in [0.2, 0.25) is 5.91 Å². The summed E-state index contributed by atoms with van der Waals surface area (Å²) in [6.07, 6.45) is 15.1. The van der Waals surface area contributed by atoms with E-state index >= 15 is 0 Å². The molecule has 0 atom stereocenters. The number of hydrogen-bond acceptors (Lipinski definition) is 2. The van der Waals surface area contributed by atoms with Gasteiger partial charge in [0, 0.05) is 32.8 Å². The lowest BCUT2D eigenvalue weighted by atomic mass is 10.1. The normalized spacial score (nSPS) is 11.0. The van der Waals surface area contributed by atoms with E-state index in [0.717, 1.165) is 18.4 Å². The van der Waals surface area contributed by atoms with E-state index in [1.807, 2.05) is 12.1 Å². The largest absolute Gasteiger partial charge is 0.356 e. The van der Waals surface area contributed by atoms with Crippen LogP contribution < -0.4 is 10.6 Å². The lowest BCUT2D eigenvalue weighted by Crippen LogP contribution is -2.26. The Morgan fingerprint density at radius 2 is 1.22 bits per heavy atom. The van der Waals surface area contributed by atoms with Crippen molar-refractivity contribution < 1.29 is 9.59 Å². The molecule has 0 fully saturated rings. The summed E-state index contributed by atoms with van der Waals surface area (Å²) in [4.78, 5) is 23.3. The second-order valence-electron chi connectivity index (χ2n) is 8.87. The first kappa shape index (κ1) is 30.9. The van der Waals surface area contributed by atoms with Crippen LogP contribution >= 0.6 is 19.7 Å². The lowest BCUT2D eigenvalue weighted by molar-refractivity contribution is -0.118. The molecule has 0 aromatic heterocycles. The van der Waals surface area contributed by atoms with Gasteiger partial charge in [-0.1, -0.05) is 52.2 Å². The number of carbonyl (C=O) groups excluding carboxylic acids is 2. The second-order valence-corrected chi connectivity index (χ2v) is 13.2. The van der Waals surface area contributed by atoms with Gasteiger partial charge in [0.15, 0.2) is 0 Å². The van der Waals surface area contributed by atoms with Gasteiger partial charge in [0.25, 0.3) is 5.91 Å². The Labute approximate surface area is 203 Å². The maximum Gasteiger partial charge on any atom is 0.251 e. The molecule has 32 heavy (non-hydrogen) atoms. The van der Waals surface area contributed by atoms with Crippen LogP contribution in [0.2, 0.25) is 0 Å². The number of nitrogens with one attached hydrogen (secondary N) is 2. The number of carbonyl (C=O) groups is 2. The first-order valence-electron chi connectivity index (χ1n) is 12.4. The Kier molecular flexibility index (Phi) is 17.7. The van der Waals surface area contributed by atoms with E-state index in [0.29, 0.717) is 13.1 Å². The molecule has 2 N–H and O–H groups in total. The van der Waals surface area contributed by atoms with Gasteiger partial charge in [-0.2, -0.15) is 0 Å². The maximum atomic E-state index is 12.4. The average Bonchev–Trinajstić information content (AvgIpc) is 2.77. The molecule has 1 aromatic rings. The van der Waals surface area contributed by atoms with Gasteiger partial charge in [-0.3, -0.25) is 9.59 Å². The van der Waals surface area contributed by atoms with Crippen LogP contribution in [0.25, 0.3) is 0 Å². The molecule has 1 rings (SSSR count). The Bertz CT molecular complexity index is 615. The molecule has 0 spiro atoms. The molecule has 1 aromatic carbocycles. The molecular formula is C26H47ClN2O2P+. The predicted molar refractivity (Wildman–Crippen MR) is 144 cm³/mol. The molecule has 0 saturated heterocycles. The van der Waals surface area contributed by atoms with E-state index in [2.05, 4.69) is 43.5 Å². The molecule has 0 aliphatic heterocycles. The molecule has 0 saturated carbocycles.